The maximum Gasteiger partial charge on any atom is 0.00959 e. The Kier molecular flexibility index (Phi) is 8.42. The van der Waals surface area contributed by atoms with E-state index < -0.39 is 0 Å². The minimum Gasteiger partial charge on any atom is -0.0922 e. The van der Waals surface area contributed by atoms with Crippen LogP contribution in [-0.4, -0.2) is 10.7 Å². The van der Waals surface area contributed by atoms with Crippen molar-refractivity contribution < 1.29 is 0 Å². The molecule has 2 heteroatoms. The van der Waals surface area contributed by atoms with E-state index in [2.05, 4.69) is 31.9 Å². The van der Waals surface area contributed by atoms with Gasteiger partial charge in [0.1, 0.15) is 0 Å². The van der Waals surface area contributed by atoms with Crippen LogP contribution in [0, 0.1) is 5.41 Å². The lowest BCUT2D eigenvalue weighted by Crippen LogP contribution is -2.24. The summed E-state index contributed by atoms with van der Waals surface area (Å²) in [5.74, 6) is 0. The van der Waals surface area contributed by atoms with Crippen molar-refractivity contribution in [3.8, 4) is 0 Å². The van der Waals surface area contributed by atoms with E-state index in [0.717, 1.165) is 0 Å². The smallest absolute Gasteiger partial charge is 0.00959 e. The number of hydrogen-bond donors (Lipinski definition) is 0. The van der Waals surface area contributed by atoms with Gasteiger partial charge >= 0.3 is 0 Å². The molecule has 0 heterocycles. The highest BCUT2D eigenvalue weighted by molar-refractivity contribution is 9.09. The van der Waals surface area contributed by atoms with Crippen LogP contribution in [0.5, 0.6) is 0 Å². The predicted molar refractivity (Wildman–Crippen MR) is 80.8 cm³/mol. The number of rotatable bonds is 2. The zero-order valence-electron chi connectivity index (χ0n) is 10.4. The molecule has 1 fully saturated rings. The summed E-state index contributed by atoms with van der Waals surface area (Å²) in [6, 6.07) is 0. The maximum absolute atomic E-state index is 3.74. The third-order valence-corrected chi connectivity index (χ3v) is 6.36. The lowest BCUT2D eigenvalue weighted by Gasteiger charge is -2.30. The maximum atomic E-state index is 3.74. The van der Waals surface area contributed by atoms with Crippen LogP contribution in [-0.2, 0) is 0 Å². The van der Waals surface area contributed by atoms with Gasteiger partial charge in [-0.1, -0.05) is 89.6 Å². The van der Waals surface area contributed by atoms with Gasteiger partial charge < -0.3 is 0 Å². The molecule has 1 rings (SSSR count). The van der Waals surface area contributed by atoms with Crippen LogP contribution in [0.15, 0.2) is 0 Å². The standard InChI is InChI=1S/C14H26Br2/c15-12-14(13-16)10-8-6-4-2-1-3-5-7-9-11-14/h1-13H2. The van der Waals surface area contributed by atoms with Gasteiger partial charge in [-0.25, -0.2) is 0 Å². The van der Waals surface area contributed by atoms with Crippen LogP contribution in [0.2, 0.25) is 0 Å². The summed E-state index contributed by atoms with van der Waals surface area (Å²) in [6.07, 6.45) is 15.9. The lowest BCUT2D eigenvalue weighted by molar-refractivity contribution is 0.298. The van der Waals surface area contributed by atoms with Gasteiger partial charge in [0.15, 0.2) is 0 Å². The Balaban J connectivity index is 2.41. The van der Waals surface area contributed by atoms with E-state index in [1.54, 1.807) is 0 Å². The van der Waals surface area contributed by atoms with Crippen molar-refractivity contribution in [3.63, 3.8) is 0 Å². The van der Waals surface area contributed by atoms with E-state index in [9.17, 15) is 0 Å². The molecule has 0 unspecified atom stereocenters. The summed E-state index contributed by atoms with van der Waals surface area (Å²) in [5, 5.41) is 2.34. The first-order chi connectivity index (χ1) is 7.83. The molecule has 0 nitrogen and oxygen atoms in total. The Morgan fingerprint density at radius 2 is 0.875 bits per heavy atom. The molecular formula is C14H26Br2. The molecule has 0 amide bonds. The number of halogens is 2. The summed E-state index contributed by atoms with van der Waals surface area (Å²) in [4.78, 5) is 0. The van der Waals surface area contributed by atoms with Crippen molar-refractivity contribution in [2.75, 3.05) is 10.7 Å². The molecular weight excluding hydrogens is 328 g/mol. The Morgan fingerprint density at radius 1 is 0.562 bits per heavy atom. The van der Waals surface area contributed by atoms with E-state index >= 15 is 0 Å². The largest absolute Gasteiger partial charge is 0.0922 e. The van der Waals surface area contributed by atoms with Gasteiger partial charge in [-0.05, 0) is 18.3 Å². The number of alkyl halides is 2. The molecule has 0 aromatic carbocycles. The average Bonchev–Trinajstić information content (AvgIpc) is 2.31. The highest BCUT2D eigenvalue weighted by Crippen LogP contribution is 2.36. The number of hydrogen-bond acceptors (Lipinski definition) is 0. The molecule has 0 aliphatic heterocycles. The Morgan fingerprint density at radius 3 is 1.19 bits per heavy atom. The first kappa shape index (κ1) is 15.0. The molecule has 96 valence electrons. The van der Waals surface area contributed by atoms with Gasteiger partial charge in [-0.2, -0.15) is 0 Å². The lowest BCUT2D eigenvalue weighted by atomic mass is 9.81. The Bertz CT molecular complexity index is 150. The fourth-order valence-electron chi connectivity index (χ4n) is 2.67. The van der Waals surface area contributed by atoms with Crippen LogP contribution >= 0.6 is 31.9 Å². The Hall–Kier alpha value is 0.960. The van der Waals surface area contributed by atoms with Crippen LogP contribution < -0.4 is 0 Å². The highest BCUT2D eigenvalue weighted by Gasteiger charge is 2.26. The Labute approximate surface area is 118 Å². The second-order valence-corrected chi connectivity index (χ2v) is 6.57. The fraction of sp³-hybridized carbons (Fsp3) is 1.00. The quantitative estimate of drug-likeness (QED) is 0.528. The van der Waals surface area contributed by atoms with Crippen LogP contribution in [0.25, 0.3) is 0 Å². The van der Waals surface area contributed by atoms with E-state index in [-0.39, 0.29) is 0 Å². The van der Waals surface area contributed by atoms with Crippen molar-refractivity contribution in [1.29, 1.82) is 0 Å². The second kappa shape index (κ2) is 8.97. The third-order valence-electron chi connectivity index (χ3n) is 3.98. The van der Waals surface area contributed by atoms with Crippen molar-refractivity contribution in [3.05, 3.63) is 0 Å². The molecule has 0 aromatic rings. The highest BCUT2D eigenvalue weighted by atomic mass is 79.9. The van der Waals surface area contributed by atoms with Gasteiger partial charge in [0.25, 0.3) is 0 Å². The molecule has 1 saturated carbocycles. The summed E-state index contributed by atoms with van der Waals surface area (Å²) in [5.41, 5.74) is 0.541. The van der Waals surface area contributed by atoms with E-state index in [4.69, 9.17) is 0 Å². The van der Waals surface area contributed by atoms with Crippen LogP contribution in [0.4, 0.5) is 0 Å². The minimum absolute atomic E-state index is 0.541. The molecule has 1 aliphatic carbocycles. The normalized spacial score (nSPS) is 24.4. The molecule has 0 bridgehead atoms. The van der Waals surface area contributed by atoms with Gasteiger partial charge in [0.2, 0.25) is 0 Å². The van der Waals surface area contributed by atoms with Crippen LogP contribution in [0.1, 0.15) is 70.6 Å². The van der Waals surface area contributed by atoms with Crippen molar-refractivity contribution >= 4 is 31.9 Å². The van der Waals surface area contributed by atoms with Gasteiger partial charge in [0.05, 0.1) is 0 Å². The molecule has 0 N–H and O–H groups in total. The summed E-state index contributed by atoms with van der Waals surface area (Å²) in [7, 11) is 0. The van der Waals surface area contributed by atoms with Gasteiger partial charge in [-0.3, -0.25) is 0 Å². The summed E-state index contributed by atoms with van der Waals surface area (Å²) < 4.78 is 0. The van der Waals surface area contributed by atoms with E-state index in [1.165, 1.54) is 81.3 Å². The predicted octanol–water partition coefficient (Wildman–Crippen LogP) is 6.07. The zero-order chi connectivity index (χ0) is 11.7. The molecule has 0 aromatic heterocycles. The fourth-order valence-corrected chi connectivity index (χ4v) is 4.72. The SMILES string of the molecule is BrCC1(CBr)CCCCCCCCCCC1. The zero-order valence-corrected chi connectivity index (χ0v) is 13.6. The van der Waals surface area contributed by atoms with E-state index in [0.29, 0.717) is 5.41 Å². The average molecular weight is 354 g/mol. The topological polar surface area (TPSA) is 0 Å². The third kappa shape index (κ3) is 5.53. The molecule has 16 heavy (non-hydrogen) atoms. The second-order valence-electron chi connectivity index (χ2n) is 5.45. The molecule has 0 radical (unpaired) electrons. The minimum atomic E-state index is 0.541. The van der Waals surface area contributed by atoms with Gasteiger partial charge in [0, 0.05) is 10.7 Å². The molecule has 0 saturated heterocycles. The van der Waals surface area contributed by atoms with Gasteiger partial charge in [-0.15, -0.1) is 0 Å². The van der Waals surface area contributed by atoms with Crippen molar-refractivity contribution in [2.45, 2.75) is 70.6 Å². The first-order valence-corrected chi connectivity index (χ1v) is 9.19. The van der Waals surface area contributed by atoms with Crippen molar-refractivity contribution in [1.82, 2.24) is 0 Å². The monoisotopic (exact) mass is 352 g/mol. The molecule has 0 spiro atoms. The summed E-state index contributed by atoms with van der Waals surface area (Å²) >= 11 is 7.48. The van der Waals surface area contributed by atoms with Crippen molar-refractivity contribution in [2.24, 2.45) is 5.41 Å². The first-order valence-electron chi connectivity index (χ1n) is 6.95. The van der Waals surface area contributed by atoms with Crippen LogP contribution in [0.3, 0.4) is 0 Å². The summed E-state index contributed by atoms with van der Waals surface area (Å²) in [6.45, 7) is 0. The molecule has 0 atom stereocenters. The molecule has 1 aliphatic rings. The van der Waals surface area contributed by atoms with E-state index in [1.807, 2.05) is 0 Å².